The van der Waals surface area contributed by atoms with E-state index >= 15 is 0 Å². The monoisotopic (exact) mass is 334 g/mol. The maximum Gasteiger partial charge on any atom is 0.121 e. The third-order valence-corrected chi connectivity index (χ3v) is 42.7. The summed E-state index contributed by atoms with van der Waals surface area (Å²) in [6, 6.07) is 0. The van der Waals surface area contributed by atoms with Crippen molar-refractivity contribution in [1.29, 1.82) is 1.28 Å². The molecule has 0 aromatic carbocycles. The first kappa shape index (κ1) is 13.4. The minimum Gasteiger partial charge on any atom is -0.117 e. The zero-order chi connectivity index (χ0) is 9.89. The number of hydrogen-bond acceptors (Lipinski definition) is 0. The molecule has 11 heavy (non-hydrogen) atoms. The van der Waals surface area contributed by atoms with Gasteiger partial charge in [-0.2, -0.15) is 0 Å². The highest BCUT2D eigenvalue weighted by Crippen LogP contribution is 3.06. The van der Waals surface area contributed by atoms with E-state index in [1.165, 1.54) is 0 Å². The molecule has 0 rings (SSSR count). The fourth-order valence-corrected chi connectivity index (χ4v) is 60.5. The standard InChI is InChI=1S/BH11P10/c1-8(2)11(10(5)6)7-9(3)4/h7H,2-6H2/i7T. The van der Waals surface area contributed by atoms with Crippen molar-refractivity contribution in [2.45, 2.75) is 0 Å². The molecule has 8 unspecified atom stereocenters. The van der Waals surface area contributed by atoms with Crippen molar-refractivity contribution in [2.75, 3.05) is 0 Å². The van der Waals surface area contributed by atoms with Gasteiger partial charge in [-0.05, 0) is 21.0 Å². The molecule has 2 radical (unpaired) electrons. The Bertz CT molecular complexity index is 113. The Kier molecular flexibility index (Phi) is 10.4. The molecule has 0 heterocycles. The maximum absolute atomic E-state index is 8.04. The van der Waals surface area contributed by atoms with E-state index in [0.29, 0.717) is 0 Å². The van der Waals surface area contributed by atoms with E-state index in [1.54, 1.807) is 0 Å². The Balaban J connectivity index is 4.30. The van der Waals surface area contributed by atoms with Crippen molar-refractivity contribution < 1.29 is 0 Å². The summed E-state index contributed by atoms with van der Waals surface area (Å²) in [5.74, 6) is 0. The van der Waals surface area contributed by atoms with Gasteiger partial charge in [0.25, 0.3) is 0 Å². The van der Waals surface area contributed by atoms with E-state index in [-0.39, 0.29) is 21.0 Å². The summed E-state index contributed by atoms with van der Waals surface area (Å²) in [6.45, 7) is -0.688. The first-order valence-electron chi connectivity index (χ1n) is 2.80. The van der Waals surface area contributed by atoms with E-state index in [1.807, 2.05) is 0 Å². The third kappa shape index (κ3) is 8.20. The minimum absolute atomic E-state index is 0.163. The molecular formula is H11BP10. The largest absolute Gasteiger partial charge is 0.121 e. The molecule has 0 bridgehead atoms. The van der Waals surface area contributed by atoms with Gasteiger partial charge in [-0.1, -0.05) is 7.90 Å². The summed E-state index contributed by atoms with van der Waals surface area (Å²) >= 11 is 0. The van der Waals surface area contributed by atoms with Gasteiger partial charge in [0.05, 0.1) is 1.28 Å². The van der Waals surface area contributed by atoms with E-state index in [9.17, 15) is 0 Å². The first-order valence-corrected chi connectivity index (χ1v) is 19.6. The van der Waals surface area contributed by atoms with Crippen LogP contribution in [0.3, 0.4) is 0 Å². The summed E-state index contributed by atoms with van der Waals surface area (Å²) in [5, 5.41) is 0. The summed E-state index contributed by atoms with van der Waals surface area (Å²) in [7, 11) is 18.7. The first-order chi connectivity index (χ1) is 5.37. The number of hydrogen-bond donors (Lipinski definition) is 0. The Labute approximate surface area is 89.4 Å². The van der Waals surface area contributed by atoms with Crippen LogP contribution >= 0.6 is 80.7 Å². The zero-order valence-electron chi connectivity index (χ0n) is 6.70. The van der Waals surface area contributed by atoms with Gasteiger partial charge in [-0.3, -0.25) is 0 Å². The molecule has 0 aromatic heterocycles. The lowest BCUT2D eigenvalue weighted by atomic mass is 10.8. The molecule has 8 atom stereocenters. The van der Waals surface area contributed by atoms with E-state index < -0.39 is 15.1 Å². The van der Waals surface area contributed by atoms with Crippen LogP contribution in [0.15, 0.2) is 0 Å². The van der Waals surface area contributed by atoms with E-state index in [2.05, 4.69) is 44.6 Å². The van der Waals surface area contributed by atoms with Gasteiger partial charge in [0, 0.05) is 0 Å². The van der Waals surface area contributed by atoms with Crippen LogP contribution in [0.4, 0.5) is 0 Å². The lowest BCUT2D eigenvalue weighted by Crippen LogP contribution is -1.46. The minimum atomic E-state index is -0.606. The smallest absolute Gasteiger partial charge is 0.117 e. The van der Waals surface area contributed by atoms with Crippen LogP contribution < -0.4 is 0 Å². The molecule has 0 N–H and O–H groups in total. The maximum atomic E-state index is 8.04. The molecule has 0 nitrogen and oxygen atoms in total. The zero-order valence-corrected chi connectivity index (χ0v) is 15.9. The molecule has 0 fully saturated rings. The average Bonchev–Trinajstić information content (AvgIpc) is 1.85. The quantitative estimate of drug-likeness (QED) is 0.484. The third-order valence-electron chi connectivity index (χ3n) is 0.596. The summed E-state index contributed by atoms with van der Waals surface area (Å²) in [4.78, 5) is 0. The molecule has 0 aliphatic carbocycles. The van der Waals surface area contributed by atoms with Crippen molar-refractivity contribution >= 4 is 88.3 Å². The predicted molar refractivity (Wildman–Crippen MR) is 90.3 cm³/mol. The van der Waals surface area contributed by atoms with Crippen LogP contribution in [0.2, 0.25) is 0 Å². The van der Waals surface area contributed by atoms with Gasteiger partial charge in [0.1, 0.15) is 7.57 Å². The van der Waals surface area contributed by atoms with Gasteiger partial charge in [-0.25, -0.2) is 0 Å². The van der Waals surface area contributed by atoms with Crippen LogP contribution in [0.25, 0.3) is 0 Å². The van der Waals surface area contributed by atoms with Crippen LogP contribution in [0, 0.1) is 0 Å². The Morgan fingerprint density at radius 2 is 1.64 bits per heavy atom. The fourth-order valence-electron chi connectivity index (χ4n) is 0.304. The van der Waals surface area contributed by atoms with Crippen LogP contribution in [0.1, 0.15) is 0 Å². The van der Waals surface area contributed by atoms with Crippen molar-refractivity contribution in [1.82, 2.24) is 0 Å². The van der Waals surface area contributed by atoms with Crippen molar-refractivity contribution in [2.24, 2.45) is 0 Å². The van der Waals surface area contributed by atoms with Gasteiger partial charge in [0.2, 0.25) is 0 Å². The molecule has 0 amide bonds. The van der Waals surface area contributed by atoms with Crippen LogP contribution in [0.5, 0.6) is 0 Å². The Morgan fingerprint density at radius 1 is 1.18 bits per heavy atom. The highest BCUT2D eigenvalue weighted by atomic mass is 33.1. The van der Waals surface area contributed by atoms with Gasteiger partial charge >= 0.3 is 0 Å². The van der Waals surface area contributed by atoms with Crippen LogP contribution in [-0.2, 0) is 0 Å². The molecule has 0 saturated carbocycles. The average molecular weight is 334 g/mol. The van der Waals surface area contributed by atoms with E-state index in [4.69, 9.17) is 8.84 Å². The highest BCUT2D eigenvalue weighted by Gasteiger charge is 2.17. The predicted octanol–water partition coefficient (Wildman–Crippen LogP) is 5.29. The molecule has 0 aliphatic rings. The highest BCUT2D eigenvalue weighted by molar-refractivity contribution is 9.12. The molecule has 11 heteroatoms. The Morgan fingerprint density at radius 3 is 1.73 bits per heavy atom. The second-order valence-electron chi connectivity index (χ2n) is 1.50. The lowest BCUT2D eigenvalue weighted by molar-refractivity contribution is 4.61. The lowest BCUT2D eigenvalue weighted by Gasteiger charge is -2.27. The van der Waals surface area contributed by atoms with Crippen molar-refractivity contribution in [3.05, 3.63) is 0 Å². The second kappa shape index (κ2) is 8.51. The summed E-state index contributed by atoms with van der Waals surface area (Å²) < 4.78 is 8.04. The molecule has 0 spiro atoms. The van der Waals surface area contributed by atoms with E-state index in [0.717, 1.165) is 0 Å². The summed E-state index contributed by atoms with van der Waals surface area (Å²) in [5.41, 5.74) is 0. The Hall–Kier alpha value is 4.36. The van der Waals surface area contributed by atoms with Gasteiger partial charge < -0.3 is 0 Å². The molecular weight excluding hydrogens is 321 g/mol. The van der Waals surface area contributed by atoms with Gasteiger partial charge in [-0.15, -0.1) is 51.8 Å². The molecule has 0 aliphatic heterocycles. The van der Waals surface area contributed by atoms with Crippen LogP contribution in [-0.4, -0.2) is 8.84 Å². The summed E-state index contributed by atoms with van der Waals surface area (Å²) in [6.07, 6.45) is 0. The van der Waals surface area contributed by atoms with Crippen molar-refractivity contribution in [3.63, 3.8) is 0 Å². The fraction of sp³-hybridized carbons (Fsp3) is 0. The normalized spacial score (nSPS) is 21.5. The number of rotatable bonds is 4. The molecule has 0 aromatic rings. The van der Waals surface area contributed by atoms with Gasteiger partial charge in [0.15, 0.2) is 0 Å². The van der Waals surface area contributed by atoms with Crippen molar-refractivity contribution in [3.8, 4) is 0 Å². The molecule has 0 saturated heterocycles. The SMILES string of the molecule is [3H]P(P(P)P)P(P([B])P)P(P)P. The topological polar surface area (TPSA) is 0 Å². The second-order valence-corrected chi connectivity index (χ2v) is 35.7. The molecule has 64 valence electrons.